The van der Waals surface area contributed by atoms with Crippen molar-refractivity contribution in [3.63, 3.8) is 0 Å². The van der Waals surface area contributed by atoms with Gasteiger partial charge >= 0.3 is 0 Å². The van der Waals surface area contributed by atoms with Gasteiger partial charge in [-0.1, -0.05) is 0 Å². The zero-order valence-corrected chi connectivity index (χ0v) is 13.7. The van der Waals surface area contributed by atoms with Gasteiger partial charge in [-0.2, -0.15) is 11.8 Å². The standard InChI is InChI=1S/C16H25NO2S/c1-16(2,3)19-13-8-12(9-13)10-20-11-14-15(18-4)6-5-7-17-14/h5-7,12-13H,8-11H2,1-4H3. The Hall–Kier alpha value is -0.740. The molecular weight excluding hydrogens is 270 g/mol. The number of hydrogen-bond donors (Lipinski definition) is 0. The van der Waals surface area contributed by atoms with Gasteiger partial charge in [0, 0.05) is 11.9 Å². The molecule has 1 saturated carbocycles. The zero-order chi connectivity index (χ0) is 14.6. The molecule has 0 aliphatic heterocycles. The maximum absolute atomic E-state index is 5.96. The second-order valence-corrected chi connectivity index (χ2v) is 7.39. The van der Waals surface area contributed by atoms with E-state index in [0.29, 0.717) is 6.10 Å². The molecule has 0 unspecified atom stereocenters. The summed E-state index contributed by atoms with van der Waals surface area (Å²) in [6.45, 7) is 6.38. The fraction of sp³-hybridized carbons (Fsp3) is 0.688. The van der Waals surface area contributed by atoms with E-state index < -0.39 is 0 Å². The molecule has 0 saturated heterocycles. The predicted molar refractivity (Wildman–Crippen MR) is 84.3 cm³/mol. The summed E-state index contributed by atoms with van der Waals surface area (Å²) in [6, 6.07) is 3.88. The molecule has 112 valence electrons. The van der Waals surface area contributed by atoms with E-state index in [1.165, 1.54) is 18.6 Å². The summed E-state index contributed by atoms with van der Waals surface area (Å²) in [7, 11) is 1.70. The number of ether oxygens (including phenoxy) is 2. The summed E-state index contributed by atoms with van der Waals surface area (Å²) >= 11 is 1.94. The second-order valence-electron chi connectivity index (χ2n) is 6.36. The van der Waals surface area contributed by atoms with E-state index in [-0.39, 0.29) is 5.60 Å². The molecule has 0 bridgehead atoms. The maximum atomic E-state index is 5.96. The van der Waals surface area contributed by atoms with Gasteiger partial charge in [-0.05, 0) is 57.4 Å². The first-order valence-corrected chi connectivity index (χ1v) is 8.37. The average Bonchev–Trinajstić information content (AvgIpc) is 2.34. The molecule has 0 aromatic carbocycles. The third-order valence-corrected chi connectivity index (χ3v) is 4.56. The molecule has 0 atom stereocenters. The lowest BCUT2D eigenvalue weighted by Gasteiger charge is -2.39. The third-order valence-electron chi connectivity index (χ3n) is 3.37. The lowest BCUT2D eigenvalue weighted by atomic mass is 9.83. The molecule has 1 aromatic heterocycles. The monoisotopic (exact) mass is 295 g/mol. The molecule has 3 nitrogen and oxygen atoms in total. The van der Waals surface area contributed by atoms with Crippen LogP contribution < -0.4 is 4.74 Å². The van der Waals surface area contributed by atoms with Crippen LogP contribution in [0.3, 0.4) is 0 Å². The van der Waals surface area contributed by atoms with Crippen molar-refractivity contribution in [3.05, 3.63) is 24.0 Å². The summed E-state index contributed by atoms with van der Waals surface area (Å²) in [6.07, 6.45) is 4.69. The highest BCUT2D eigenvalue weighted by atomic mass is 32.2. The van der Waals surface area contributed by atoms with Crippen molar-refractivity contribution in [2.24, 2.45) is 5.92 Å². The van der Waals surface area contributed by atoms with Gasteiger partial charge < -0.3 is 9.47 Å². The van der Waals surface area contributed by atoms with Crippen molar-refractivity contribution < 1.29 is 9.47 Å². The van der Waals surface area contributed by atoms with E-state index in [4.69, 9.17) is 9.47 Å². The summed E-state index contributed by atoms with van der Waals surface area (Å²) < 4.78 is 11.3. The largest absolute Gasteiger partial charge is 0.495 e. The van der Waals surface area contributed by atoms with Crippen molar-refractivity contribution in [1.82, 2.24) is 4.98 Å². The van der Waals surface area contributed by atoms with Gasteiger partial charge in [0.05, 0.1) is 24.5 Å². The zero-order valence-electron chi connectivity index (χ0n) is 12.9. The van der Waals surface area contributed by atoms with Crippen molar-refractivity contribution in [2.45, 2.75) is 51.1 Å². The molecule has 4 heteroatoms. The van der Waals surface area contributed by atoms with Crippen LogP contribution in [0.15, 0.2) is 18.3 Å². The smallest absolute Gasteiger partial charge is 0.141 e. The molecule has 20 heavy (non-hydrogen) atoms. The molecule has 1 heterocycles. The number of methoxy groups -OCH3 is 1. The minimum Gasteiger partial charge on any atom is -0.495 e. The van der Waals surface area contributed by atoms with Crippen LogP contribution in [-0.4, -0.2) is 29.6 Å². The van der Waals surface area contributed by atoms with Crippen molar-refractivity contribution >= 4 is 11.8 Å². The van der Waals surface area contributed by atoms with E-state index in [1.54, 1.807) is 7.11 Å². The van der Waals surface area contributed by atoms with Gasteiger partial charge in [0.25, 0.3) is 0 Å². The summed E-state index contributed by atoms with van der Waals surface area (Å²) in [4.78, 5) is 4.38. The normalized spacial score (nSPS) is 22.4. The second kappa shape index (κ2) is 6.81. The summed E-state index contributed by atoms with van der Waals surface area (Å²) in [5.74, 6) is 3.79. The lowest BCUT2D eigenvalue weighted by Crippen LogP contribution is -2.38. The number of thioether (sulfide) groups is 1. The SMILES string of the molecule is COc1cccnc1CSCC1CC(OC(C)(C)C)C1. The Morgan fingerprint density at radius 3 is 2.75 bits per heavy atom. The maximum Gasteiger partial charge on any atom is 0.141 e. The molecule has 0 spiro atoms. The van der Waals surface area contributed by atoms with E-state index >= 15 is 0 Å². The Labute approximate surface area is 126 Å². The van der Waals surface area contributed by atoms with Crippen LogP contribution in [-0.2, 0) is 10.5 Å². The lowest BCUT2D eigenvalue weighted by molar-refractivity contribution is -0.108. The van der Waals surface area contributed by atoms with Gasteiger partial charge in [0.15, 0.2) is 0 Å². The molecular formula is C16H25NO2S. The summed E-state index contributed by atoms with van der Waals surface area (Å²) in [5.41, 5.74) is 1.03. The van der Waals surface area contributed by atoms with E-state index in [0.717, 1.165) is 23.1 Å². The predicted octanol–water partition coefficient (Wildman–Crippen LogP) is 3.92. The van der Waals surface area contributed by atoms with Crippen molar-refractivity contribution in [1.29, 1.82) is 0 Å². The van der Waals surface area contributed by atoms with E-state index in [1.807, 2.05) is 30.1 Å². The number of rotatable bonds is 6. The molecule has 1 aromatic rings. The van der Waals surface area contributed by atoms with Crippen LogP contribution in [0.5, 0.6) is 5.75 Å². The third kappa shape index (κ3) is 4.67. The number of pyridine rings is 1. The summed E-state index contributed by atoms with van der Waals surface area (Å²) in [5, 5.41) is 0. The van der Waals surface area contributed by atoms with Crippen molar-refractivity contribution in [3.8, 4) is 5.75 Å². The van der Waals surface area contributed by atoms with Crippen LogP contribution >= 0.6 is 11.8 Å². The average molecular weight is 295 g/mol. The van der Waals surface area contributed by atoms with Crippen LogP contribution in [0.2, 0.25) is 0 Å². The van der Waals surface area contributed by atoms with Gasteiger partial charge in [0.2, 0.25) is 0 Å². The quantitative estimate of drug-likeness (QED) is 0.796. The topological polar surface area (TPSA) is 31.4 Å². The first-order valence-electron chi connectivity index (χ1n) is 7.21. The van der Waals surface area contributed by atoms with Crippen LogP contribution in [0, 0.1) is 5.92 Å². The number of aromatic nitrogens is 1. The molecule has 1 aliphatic carbocycles. The van der Waals surface area contributed by atoms with E-state index in [9.17, 15) is 0 Å². The fourth-order valence-corrected chi connectivity index (χ4v) is 3.58. The fourth-order valence-electron chi connectivity index (χ4n) is 2.45. The van der Waals surface area contributed by atoms with Gasteiger partial charge in [0.1, 0.15) is 5.75 Å². The Morgan fingerprint density at radius 1 is 1.35 bits per heavy atom. The molecule has 0 N–H and O–H groups in total. The first kappa shape index (κ1) is 15.6. The Bertz CT molecular complexity index is 425. The van der Waals surface area contributed by atoms with Crippen molar-refractivity contribution in [2.75, 3.05) is 12.9 Å². The molecule has 2 rings (SSSR count). The molecule has 1 fully saturated rings. The Kier molecular flexibility index (Phi) is 5.33. The molecule has 0 amide bonds. The Morgan fingerprint density at radius 2 is 2.10 bits per heavy atom. The first-order chi connectivity index (χ1) is 9.48. The van der Waals surface area contributed by atoms with Crippen LogP contribution in [0.4, 0.5) is 0 Å². The van der Waals surface area contributed by atoms with Crippen LogP contribution in [0.25, 0.3) is 0 Å². The highest BCUT2D eigenvalue weighted by Crippen LogP contribution is 2.36. The van der Waals surface area contributed by atoms with Gasteiger partial charge in [-0.25, -0.2) is 0 Å². The minimum absolute atomic E-state index is 0.00982. The number of nitrogens with zero attached hydrogens (tertiary/aromatic N) is 1. The van der Waals surface area contributed by atoms with Gasteiger partial charge in [-0.15, -0.1) is 0 Å². The number of hydrogen-bond acceptors (Lipinski definition) is 4. The van der Waals surface area contributed by atoms with Crippen LogP contribution in [0.1, 0.15) is 39.3 Å². The highest BCUT2D eigenvalue weighted by Gasteiger charge is 2.32. The molecule has 1 aliphatic rings. The highest BCUT2D eigenvalue weighted by molar-refractivity contribution is 7.98. The molecule has 0 radical (unpaired) electrons. The Balaban J connectivity index is 1.66. The van der Waals surface area contributed by atoms with E-state index in [2.05, 4.69) is 25.8 Å². The minimum atomic E-state index is -0.00982. The van der Waals surface area contributed by atoms with Gasteiger partial charge in [-0.3, -0.25) is 4.98 Å².